The van der Waals surface area contributed by atoms with Gasteiger partial charge >= 0.3 is 0 Å². The molecule has 1 unspecified atom stereocenters. The van der Waals surface area contributed by atoms with Crippen molar-refractivity contribution in [2.24, 2.45) is 0 Å². The van der Waals surface area contributed by atoms with E-state index in [1.54, 1.807) is 14.2 Å². The summed E-state index contributed by atoms with van der Waals surface area (Å²) in [5.41, 5.74) is 3.48. The zero-order chi connectivity index (χ0) is 17.1. The number of hydrogen-bond donors (Lipinski definition) is 0. The van der Waals surface area contributed by atoms with E-state index in [1.807, 2.05) is 19.1 Å². The fourth-order valence-electron chi connectivity index (χ4n) is 3.65. The zero-order valence-corrected chi connectivity index (χ0v) is 15.0. The summed E-state index contributed by atoms with van der Waals surface area (Å²) in [6.45, 7) is 6.09. The average Bonchev–Trinajstić information content (AvgIpc) is 3.20. The molecule has 1 aliphatic rings. The molecule has 1 atom stereocenters. The summed E-state index contributed by atoms with van der Waals surface area (Å²) in [5, 5.41) is 4.19. The smallest absolute Gasteiger partial charge is 0.141 e. The molecule has 3 rings (SSSR count). The Hall–Kier alpha value is -2.01. The fourth-order valence-corrected chi connectivity index (χ4v) is 3.65. The first-order valence-corrected chi connectivity index (χ1v) is 8.57. The maximum absolute atomic E-state index is 5.56. The highest BCUT2D eigenvalue weighted by molar-refractivity contribution is 5.41. The fraction of sp³-hybridized carbons (Fsp3) is 0.526. The highest BCUT2D eigenvalue weighted by Crippen LogP contribution is 2.38. The van der Waals surface area contributed by atoms with Gasteiger partial charge in [0.15, 0.2) is 0 Å². The normalized spacial score (nSPS) is 18.1. The second-order valence-corrected chi connectivity index (χ2v) is 6.26. The van der Waals surface area contributed by atoms with Gasteiger partial charge in [-0.05, 0) is 32.4 Å². The minimum atomic E-state index is 0.373. The molecule has 1 aromatic heterocycles. The molecule has 1 saturated heterocycles. The van der Waals surface area contributed by atoms with E-state index in [0.29, 0.717) is 6.04 Å². The molecule has 0 radical (unpaired) electrons. The molecule has 0 amide bonds. The number of benzene rings is 1. The standard InChI is InChI=1S/C19H26N2O3/c1-5-17-19(13(2)20-24-17)16-7-6-10-21(16)12-14-8-9-15(22-3)11-18(14)23-4/h8-9,11,16H,5-7,10,12H2,1-4H3. The molecule has 0 N–H and O–H groups in total. The Morgan fingerprint density at radius 2 is 2.12 bits per heavy atom. The molecule has 5 nitrogen and oxygen atoms in total. The van der Waals surface area contributed by atoms with Crippen LogP contribution < -0.4 is 9.47 Å². The van der Waals surface area contributed by atoms with E-state index >= 15 is 0 Å². The topological polar surface area (TPSA) is 47.7 Å². The van der Waals surface area contributed by atoms with Crippen LogP contribution in [0.4, 0.5) is 0 Å². The van der Waals surface area contributed by atoms with Crippen LogP contribution in [0.5, 0.6) is 11.5 Å². The van der Waals surface area contributed by atoms with E-state index in [9.17, 15) is 0 Å². The number of rotatable bonds is 6. The van der Waals surface area contributed by atoms with Gasteiger partial charge in [-0.1, -0.05) is 18.1 Å². The molecule has 0 saturated carbocycles. The Morgan fingerprint density at radius 1 is 1.29 bits per heavy atom. The van der Waals surface area contributed by atoms with Crippen molar-refractivity contribution in [1.29, 1.82) is 0 Å². The molecular formula is C19H26N2O3. The Balaban J connectivity index is 1.85. The first-order chi connectivity index (χ1) is 11.7. The number of likely N-dealkylation sites (tertiary alicyclic amines) is 1. The predicted octanol–water partition coefficient (Wildman–Crippen LogP) is 3.90. The number of hydrogen-bond acceptors (Lipinski definition) is 5. The summed E-state index contributed by atoms with van der Waals surface area (Å²) in [5.74, 6) is 2.71. The number of methoxy groups -OCH3 is 2. The minimum absolute atomic E-state index is 0.373. The molecule has 5 heteroatoms. The van der Waals surface area contributed by atoms with Gasteiger partial charge in [0, 0.05) is 36.2 Å². The summed E-state index contributed by atoms with van der Waals surface area (Å²) >= 11 is 0. The SMILES string of the molecule is CCc1onc(C)c1C1CCCN1Cc1ccc(OC)cc1OC. The van der Waals surface area contributed by atoms with Crippen molar-refractivity contribution in [3.05, 3.63) is 40.8 Å². The second kappa shape index (κ2) is 7.26. The maximum atomic E-state index is 5.56. The van der Waals surface area contributed by atoms with E-state index in [0.717, 1.165) is 48.9 Å². The van der Waals surface area contributed by atoms with Crippen LogP contribution in [0, 0.1) is 6.92 Å². The quantitative estimate of drug-likeness (QED) is 0.804. The molecule has 1 aliphatic heterocycles. The highest BCUT2D eigenvalue weighted by atomic mass is 16.5. The molecule has 130 valence electrons. The maximum Gasteiger partial charge on any atom is 0.141 e. The van der Waals surface area contributed by atoms with E-state index in [-0.39, 0.29) is 0 Å². The Bertz CT molecular complexity index is 696. The predicted molar refractivity (Wildman–Crippen MR) is 92.5 cm³/mol. The molecule has 1 aromatic carbocycles. The van der Waals surface area contributed by atoms with Gasteiger partial charge in [-0.25, -0.2) is 0 Å². The molecule has 1 fully saturated rings. The largest absolute Gasteiger partial charge is 0.497 e. The summed E-state index contributed by atoms with van der Waals surface area (Å²) in [6.07, 6.45) is 3.22. The second-order valence-electron chi connectivity index (χ2n) is 6.26. The van der Waals surface area contributed by atoms with Crippen LogP contribution in [0.3, 0.4) is 0 Å². The summed E-state index contributed by atoms with van der Waals surface area (Å²) in [4.78, 5) is 2.50. The number of nitrogens with zero attached hydrogens (tertiary/aromatic N) is 2. The zero-order valence-electron chi connectivity index (χ0n) is 15.0. The Morgan fingerprint density at radius 3 is 2.83 bits per heavy atom. The van der Waals surface area contributed by atoms with Crippen molar-refractivity contribution in [1.82, 2.24) is 10.1 Å². The lowest BCUT2D eigenvalue weighted by Crippen LogP contribution is -2.24. The van der Waals surface area contributed by atoms with Crippen LogP contribution in [0.1, 0.15) is 48.4 Å². The van der Waals surface area contributed by atoms with Gasteiger partial charge in [0.2, 0.25) is 0 Å². The van der Waals surface area contributed by atoms with Gasteiger partial charge < -0.3 is 14.0 Å². The van der Waals surface area contributed by atoms with E-state index in [1.165, 1.54) is 17.5 Å². The van der Waals surface area contributed by atoms with Crippen molar-refractivity contribution in [2.75, 3.05) is 20.8 Å². The molecule has 2 aromatic rings. The first kappa shape index (κ1) is 16.8. The number of aryl methyl sites for hydroxylation is 2. The first-order valence-electron chi connectivity index (χ1n) is 8.57. The van der Waals surface area contributed by atoms with Crippen LogP contribution >= 0.6 is 0 Å². The van der Waals surface area contributed by atoms with Crippen molar-refractivity contribution in [2.45, 2.75) is 45.7 Å². The minimum Gasteiger partial charge on any atom is -0.497 e. The third-order valence-electron chi connectivity index (χ3n) is 4.87. The molecule has 0 spiro atoms. The summed E-state index contributed by atoms with van der Waals surface area (Å²) in [6, 6.07) is 6.40. The summed E-state index contributed by atoms with van der Waals surface area (Å²) < 4.78 is 16.4. The lowest BCUT2D eigenvalue weighted by atomic mass is 10.0. The summed E-state index contributed by atoms with van der Waals surface area (Å²) in [7, 11) is 3.38. The third-order valence-corrected chi connectivity index (χ3v) is 4.87. The van der Waals surface area contributed by atoms with Gasteiger partial charge in [0.05, 0.1) is 19.9 Å². The van der Waals surface area contributed by atoms with Crippen molar-refractivity contribution in [3.8, 4) is 11.5 Å². The molecular weight excluding hydrogens is 304 g/mol. The third kappa shape index (κ3) is 3.13. The Labute approximate surface area is 143 Å². The van der Waals surface area contributed by atoms with Crippen molar-refractivity contribution >= 4 is 0 Å². The van der Waals surface area contributed by atoms with E-state index in [4.69, 9.17) is 14.0 Å². The van der Waals surface area contributed by atoms with Gasteiger partial charge in [-0.3, -0.25) is 4.90 Å². The van der Waals surface area contributed by atoms with Gasteiger partial charge in [0.1, 0.15) is 17.3 Å². The number of aromatic nitrogens is 1. The van der Waals surface area contributed by atoms with E-state index < -0.39 is 0 Å². The lowest BCUT2D eigenvalue weighted by molar-refractivity contribution is 0.241. The molecule has 24 heavy (non-hydrogen) atoms. The monoisotopic (exact) mass is 330 g/mol. The Kier molecular flexibility index (Phi) is 5.09. The molecule has 2 heterocycles. The van der Waals surface area contributed by atoms with Crippen LogP contribution in [0.15, 0.2) is 22.7 Å². The molecule has 0 bridgehead atoms. The van der Waals surface area contributed by atoms with Crippen LogP contribution in [0.25, 0.3) is 0 Å². The van der Waals surface area contributed by atoms with Gasteiger partial charge in [0.25, 0.3) is 0 Å². The van der Waals surface area contributed by atoms with Crippen LogP contribution in [0.2, 0.25) is 0 Å². The van der Waals surface area contributed by atoms with Crippen LogP contribution in [-0.2, 0) is 13.0 Å². The number of ether oxygens (including phenoxy) is 2. The van der Waals surface area contributed by atoms with Gasteiger partial charge in [-0.2, -0.15) is 0 Å². The highest BCUT2D eigenvalue weighted by Gasteiger charge is 2.31. The van der Waals surface area contributed by atoms with Crippen molar-refractivity contribution < 1.29 is 14.0 Å². The molecule has 0 aliphatic carbocycles. The van der Waals surface area contributed by atoms with Gasteiger partial charge in [-0.15, -0.1) is 0 Å². The average molecular weight is 330 g/mol. The van der Waals surface area contributed by atoms with E-state index in [2.05, 4.69) is 23.0 Å². The van der Waals surface area contributed by atoms with Crippen LogP contribution in [-0.4, -0.2) is 30.8 Å². The van der Waals surface area contributed by atoms with Crippen molar-refractivity contribution in [3.63, 3.8) is 0 Å². The lowest BCUT2D eigenvalue weighted by Gasteiger charge is -2.25.